The van der Waals surface area contributed by atoms with E-state index >= 15 is 0 Å². The number of hydrogen-bond donors (Lipinski definition) is 1. The van der Waals surface area contributed by atoms with Crippen LogP contribution in [0.4, 0.5) is 0 Å². The zero-order valence-corrected chi connectivity index (χ0v) is 14.3. The molecule has 1 aromatic heterocycles. The summed E-state index contributed by atoms with van der Waals surface area (Å²) in [4.78, 5) is 19.0. The lowest BCUT2D eigenvalue weighted by atomic mass is 9.73. The number of aliphatic hydroxyl groups excluding tert-OH is 1. The summed E-state index contributed by atoms with van der Waals surface area (Å²) in [5.41, 5.74) is 3.43. The standard InChI is InChI=1S/C20H24N2O2/c1-15-12-16(2)18(21-13-15)19(24)22-10-8-20(14-23,9-11-22)17-6-4-3-5-7-17/h3-7,12-13,23H,8-11,14H2,1-2H3. The minimum absolute atomic E-state index is 0.00731. The first-order chi connectivity index (χ1) is 11.6. The highest BCUT2D eigenvalue weighted by atomic mass is 16.3. The van der Waals surface area contributed by atoms with Crippen LogP contribution in [0.5, 0.6) is 0 Å². The van der Waals surface area contributed by atoms with Gasteiger partial charge in [0, 0.05) is 24.7 Å². The lowest BCUT2D eigenvalue weighted by molar-refractivity contribution is 0.0587. The van der Waals surface area contributed by atoms with Crippen molar-refractivity contribution in [2.75, 3.05) is 19.7 Å². The molecule has 24 heavy (non-hydrogen) atoms. The van der Waals surface area contributed by atoms with Gasteiger partial charge in [-0.3, -0.25) is 9.78 Å². The predicted octanol–water partition coefficient (Wildman–Crippen LogP) is 2.86. The topological polar surface area (TPSA) is 53.4 Å². The molecule has 0 atom stereocenters. The molecular weight excluding hydrogens is 300 g/mol. The molecule has 1 aliphatic rings. The number of benzene rings is 1. The summed E-state index contributed by atoms with van der Waals surface area (Å²) in [5.74, 6) is -0.00731. The molecule has 1 N–H and O–H groups in total. The predicted molar refractivity (Wildman–Crippen MR) is 94.1 cm³/mol. The fraction of sp³-hybridized carbons (Fsp3) is 0.400. The number of nitrogens with zero attached hydrogens (tertiary/aromatic N) is 2. The van der Waals surface area contributed by atoms with Gasteiger partial charge in [0.05, 0.1) is 6.61 Å². The molecule has 2 heterocycles. The highest BCUT2D eigenvalue weighted by molar-refractivity contribution is 5.93. The van der Waals surface area contributed by atoms with Crippen molar-refractivity contribution >= 4 is 5.91 Å². The molecule has 4 heteroatoms. The van der Waals surface area contributed by atoms with E-state index in [4.69, 9.17) is 0 Å². The quantitative estimate of drug-likeness (QED) is 0.944. The number of amides is 1. The summed E-state index contributed by atoms with van der Waals surface area (Å²) in [7, 11) is 0. The first-order valence-corrected chi connectivity index (χ1v) is 8.45. The molecule has 1 saturated heterocycles. The Balaban J connectivity index is 1.75. The maximum Gasteiger partial charge on any atom is 0.272 e. The molecule has 1 aliphatic heterocycles. The maximum atomic E-state index is 12.8. The van der Waals surface area contributed by atoms with Gasteiger partial charge in [-0.2, -0.15) is 0 Å². The summed E-state index contributed by atoms with van der Waals surface area (Å²) >= 11 is 0. The Hall–Kier alpha value is -2.20. The normalized spacial score (nSPS) is 16.9. The molecule has 2 aromatic rings. The molecule has 1 fully saturated rings. The number of piperidine rings is 1. The van der Waals surface area contributed by atoms with Gasteiger partial charge in [-0.15, -0.1) is 0 Å². The highest BCUT2D eigenvalue weighted by Crippen LogP contribution is 2.35. The number of pyridine rings is 1. The Morgan fingerprint density at radius 3 is 2.46 bits per heavy atom. The van der Waals surface area contributed by atoms with Gasteiger partial charge in [-0.05, 0) is 43.4 Å². The van der Waals surface area contributed by atoms with E-state index in [1.54, 1.807) is 6.20 Å². The molecule has 4 nitrogen and oxygen atoms in total. The van der Waals surface area contributed by atoms with Crippen LogP contribution < -0.4 is 0 Å². The van der Waals surface area contributed by atoms with Crippen molar-refractivity contribution in [2.45, 2.75) is 32.1 Å². The van der Waals surface area contributed by atoms with Crippen molar-refractivity contribution in [1.82, 2.24) is 9.88 Å². The fourth-order valence-corrected chi connectivity index (χ4v) is 3.56. The van der Waals surface area contributed by atoms with Crippen LogP contribution >= 0.6 is 0 Å². The van der Waals surface area contributed by atoms with Crippen LogP contribution in [0.3, 0.4) is 0 Å². The van der Waals surface area contributed by atoms with Gasteiger partial charge < -0.3 is 10.0 Å². The van der Waals surface area contributed by atoms with E-state index in [1.807, 2.05) is 43.0 Å². The van der Waals surface area contributed by atoms with Crippen molar-refractivity contribution in [3.8, 4) is 0 Å². The highest BCUT2D eigenvalue weighted by Gasteiger charge is 2.37. The third kappa shape index (κ3) is 3.06. The van der Waals surface area contributed by atoms with Crippen molar-refractivity contribution in [3.63, 3.8) is 0 Å². The number of aliphatic hydroxyl groups is 1. The van der Waals surface area contributed by atoms with Crippen molar-refractivity contribution < 1.29 is 9.90 Å². The molecule has 0 radical (unpaired) electrons. The van der Waals surface area contributed by atoms with Gasteiger partial charge in [-0.1, -0.05) is 36.4 Å². The molecule has 3 rings (SSSR count). The van der Waals surface area contributed by atoms with E-state index in [2.05, 4.69) is 17.1 Å². The second-order valence-corrected chi connectivity index (χ2v) is 6.77. The van der Waals surface area contributed by atoms with E-state index in [0.717, 1.165) is 29.5 Å². The summed E-state index contributed by atoms with van der Waals surface area (Å²) in [6.07, 6.45) is 3.28. The van der Waals surface area contributed by atoms with Crippen LogP contribution in [-0.2, 0) is 5.41 Å². The van der Waals surface area contributed by atoms with Gasteiger partial charge in [-0.25, -0.2) is 0 Å². The minimum Gasteiger partial charge on any atom is -0.395 e. The van der Waals surface area contributed by atoms with E-state index in [1.165, 1.54) is 0 Å². The van der Waals surface area contributed by atoms with Gasteiger partial charge in [0.25, 0.3) is 5.91 Å². The number of aryl methyl sites for hydroxylation is 2. The number of rotatable bonds is 3. The third-order valence-electron chi connectivity index (χ3n) is 5.11. The second kappa shape index (κ2) is 6.73. The van der Waals surface area contributed by atoms with E-state index in [-0.39, 0.29) is 17.9 Å². The average molecular weight is 324 g/mol. The van der Waals surface area contributed by atoms with Gasteiger partial charge in [0.15, 0.2) is 0 Å². The smallest absolute Gasteiger partial charge is 0.272 e. The number of likely N-dealkylation sites (tertiary alicyclic amines) is 1. The Bertz CT molecular complexity index is 720. The molecule has 1 amide bonds. The number of carbonyl (C=O) groups is 1. The molecule has 126 valence electrons. The SMILES string of the molecule is Cc1cnc(C(=O)N2CCC(CO)(c3ccccc3)CC2)c(C)c1. The zero-order valence-electron chi connectivity index (χ0n) is 14.3. The fourth-order valence-electron chi connectivity index (χ4n) is 3.56. The van der Waals surface area contributed by atoms with Crippen LogP contribution in [-0.4, -0.2) is 40.6 Å². The van der Waals surface area contributed by atoms with E-state index < -0.39 is 0 Å². The Morgan fingerprint density at radius 1 is 1.21 bits per heavy atom. The minimum atomic E-state index is -0.242. The molecule has 0 aliphatic carbocycles. The maximum absolute atomic E-state index is 12.8. The largest absolute Gasteiger partial charge is 0.395 e. The molecule has 1 aromatic carbocycles. The average Bonchev–Trinajstić information content (AvgIpc) is 2.62. The van der Waals surface area contributed by atoms with E-state index in [0.29, 0.717) is 18.8 Å². The van der Waals surface area contributed by atoms with Gasteiger partial charge >= 0.3 is 0 Å². The summed E-state index contributed by atoms with van der Waals surface area (Å²) in [6, 6.07) is 12.1. The lowest BCUT2D eigenvalue weighted by Gasteiger charge is -2.41. The zero-order chi connectivity index (χ0) is 17.2. The van der Waals surface area contributed by atoms with Gasteiger partial charge in [0.2, 0.25) is 0 Å². The van der Waals surface area contributed by atoms with E-state index in [9.17, 15) is 9.90 Å². The summed E-state index contributed by atoms with van der Waals surface area (Å²) < 4.78 is 0. The Morgan fingerprint density at radius 2 is 1.88 bits per heavy atom. The second-order valence-electron chi connectivity index (χ2n) is 6.77. The summed E-state index contributed by atoms with van der Waals surface area (Å²) in [5, 5.41) is 10.00. The summed E-state index contributed by atoms with van der Waals surface area (Å²) in [6.45, 7) is 5.30. The molecule has 0 bridgehead atoms. The van der Waals surface area contributed by atoms with Crippen LogP contribution in [0.1, 0.15) is 40.0 Å². The molecule has 0 saturated carbocycles. The van der Waals surface area contributed by atoms with Crippen LogP contribution in [0, 0.1) is 13.8 Å². The monoisotopic (exact) mass is 324 g/mol. The number of carbonyl (C=O) groups excluding carboxylic acids is 1. The van der Waals surface area contributed by atoms with Crippen molar-refractivity contribution in [3.05, 3.63) is 65.0 Å². The molecule has 0 unspecified atom stereocenters. The van der Waals surface area contributed by atoms with Crippen LogP contribution in [0.2, 0.25) is 0 Å². The van der Waals surface area contributed by atoms with Gasteiger partial charge in [0.1, 0.15) is 5.69 Å². The number of hydrogen-bond acceptors (Lipinski definition) is 3. The Labute approximate surface area is 143 Å². The van der Waals surface area contributed by atoms with Crippen molar-refractivity contribution in [1.29, 1.82) is 0 Å². The van der Waals surface area contributed by atoms with Crippen LogP contribution in [0.25, 0.3) is 0 Å². The van der Waals surface area contributed by atoms with Crippen LogP contribution in [0.15, 0.2) is 42.6 Å². The molecular formula is C20H24N2O2. The van der Waals surface area contributed by atoms with Crippen molar-refractivity contribution in [2.24, 2.45) is 0 Å². The third-order valence-corrected chi connectivity index (χ3v) is 5.11. The molecule has 0 spiro atoms. The first kappa shape index (κ1) is 16.7. The Kier molecular flexibility index (Phi) is 4.67. The number of aromatic nitrogens is 1. The lowest BCUT2D eigenvalue weighted by Crippen LogP contribution is -2.47. The first-order valence-electron chi connectivity index (χ1n) is 8.45.